The van der Waals surface area contributed by atoms with Gasteiger partial charge in [0.05, 0.1) is 10.7 Å². The van der Waals surface area contributed by atoms with Gasteiger partial charge in [0.1, 0.15) is 0 Å². The number of aliphatic hydroxyl groups excluding tert-OH is 1. The van der Waals surface area contributed by atoms with Gasteiger partial charge in [-0.15, -0.1) is 0 Å². The van der Waals surface area contributed by atoms with E-state index >= 15 is 0 Å². The summed E-state index contributed by atoms with van der Waals surface area (Å²) in [5.41, 5.74) is 0. The van der Waals surface area contributed by atoms with E-state index in [2.05, 4.69) is 4.74 Å². The van der Waals surface area contributed by atoms with E-state index in [1.165, 1.54) is 0 Å². The summed E-state index contributed by atoms with van der Waals surface area (Å²) in [5.74, 6) is -0.960. The molecule has 0 amide bonds. The van der Waals surface area contributed by atoms with E-state index in [1.54, 1.807) is 0 Å². The first-order valence-corrected chi connectivity index (χ1v) is 3.01. The molecule has 0 heterocycles. The molecule has 3 nitrogen and oxygen atoms in total. The number of carbonyl (C=O) groups excluding carboxylic acids is 1. The van der Waals surface area contributed by atoms with Crippen molar-refractivity contribution >= 4 is 5.97 Å². The van der Waals surface area contributed by atoms with Gasteiger partial charge in [0.15, 0.2) is 0 Å². The summed E-state index contributed by atoms with van der Waals surface area (Å²) in [6, 6.07) is -0.746. The van der Waals surface area contributed by atoms with Crippen LogP contribution in [0.4, 0.5) is 0 Å². The van der Waals surface area contributed by atoms with Crippen molar-refractivity contribution in [2.24, 2.45) is 0 Å². The first-order valence-electron chi connectivity index (χ1n) is 4.51. The molecule has 0 aliphatic heterocycles. The van der Waals surface area contributed by atoms with Crippen molar-refractivity contribution < 1.29 is 18.8 Å². The number of ether oxygens (including phenoxy) is 1. The Labute approximate surface area is 64.5 Å². The summed E-state index contributed by atoms with van der Waals surface area (Å²) in [6.07, 6.45) is 1.04. The Hall–Kier alpha value is -0.830. The Morgan fingerprint density at radius 1 is 1.90 bits per heavy atom. The summed E-state index contributed by atoms with van der Waals surface area (Å²) < 4.78 is 24.7. The van der Waals surface area contributed by atoms with Crippen LogP contribution in [-0.4, -0.2) is 24.3 Å². The maximum atomic E-state index is 10.8. The minimum absolute atomic E-state index is 0.0310. The molecule has 0 aliphatic carbocycles. The largest absolute Gasteiger partial charge is 0.463 e. The molecule has 58 valence electrons. The second kappa shape index (κ2) is 6.29. The second-order valence-electron chi connectivity index (χ2n) is 1.69. The minimum atomic E-state index is -0.960. The van der Waals surface area contributed by atoms with E-state index in [4.69, 9.17) is 9.22 Å². The molecule has 0 aromatic rings. The number of hydrogen-bond acceptors (Lipinski definition) is 3. The molecule has 0 fully saturated rings. The quantitative estimate of drug-likeness (QED) is 0.349. The molecule has 10 heavy (non-hydrogen) atoms. The number of hydrogen-bond donors (Lipinski definition) is 1. The monoisotopic (exact) mass is 147 g/mol. The highest BCUT2D eigenvalue weighted by Crippen LogP contribution is 1.88. The molecule has 0 rings (SSSR count). The molecule has 0 aromatic heterocycles. The summed E-state index contributed by atoms with van der Waals surface area (Å²) in [6.45, 7) is -0.717. The third-order valence-corrected chi connectivity index (χ3v) is 0.888. The SMILES string of the molecule is [2H]C([2H])=C([2H])C(=O)OCCCCO. The van der Waals surface area contributed by atoms with Crippen LogP contribution in [0.25, 0.3) is 0 Å². The third kappa shape index (κ3) is 5.31. The first-order chi connectivity index (χ1) is 6.09. The average molecular weight is 147 g/mol. The van der Waals surface area contributed by atoms with Gasteiger partial charge < -0.3 is 9.84 Å². The van der Waals surface area contributed by atoms with Crippen LogP contribution in [-0.2, 0) is 9.53 Å². The fourth-order valence-electron chi connectivity index (χ4n) is 0.415. The van der Waals surface area contributed by atoms with E-state index in [9.17, 15) is 4.79 Å². The lowest BCUT2D eigenvalue weighted by atomic mass is 10.3. The smallest absolute Gasteiger partial charge is 0.330 e. The molecule has 0 atom stereocenters. The van der Waals surface area contributed by atoms with Gasteiger partial charge >= 0.3 is 5.97 Å². The summed E-state index contributed by atoms with van der Waals surface area (Å²) in [4.78, 5) is 10.8. The predicted molar refractivity (Wildman–Crippen MR) is 37.5 cm³/mol. The van der Waals surface area contributed by atoms with Crippen molar-refractivity contribution in [1.82, 2.24) is 0 Å². The van der Waals surface area contributed by atoms with Crippen LogP contribution in [0.15, 0.2) is 12.6 Å². The molecule has 1 N–H and O–H groups in total. The third-order valence-electron chi connectivity index (χ3n) is 0.888. The summed E-state index contributed by atoms with van der Waals surface area (Å²) >= 11 is 0. The van der Waals surface area contributed by atoms with E-state index in [0.717, 1.165) is 0 Å². The van der Waals surface area contributed by atoms with Gasteiger partial charge in [-0.25, -0.2) is 4.79 Å². The van der Waals surface area contributed by atoms with E-state index in [1.807, 2.05) is 0 Å². The summed E-state index contributed by atoms with van der Waals surface area (Å²) in [7, 11) is 0. The highest BCUT2D eigenvalue weighted by molar-refractivity contribution is 5.81. The molecule has 3 heteroatoms. The molecular weight excluding hydrogens is 132 g/mol. The molecule has 0 aromatic carbocycles. The van der Waals surface area contributed by atoms with Crippen LogP contribution >= 0.6 is 0 Å². The zero-order valence-electron chi connectivity index (χ0n) is 8.59. The minimum Gasteiger partial charge on any atom is -0.463 e. The second-order valence-corrected chi connectivity index (χ2v) is 1.69. The summed E-state index contributed by atoms with van der Waals surface area (Å²) in [5, 5.41) is 8.38. The molecule has 0 spiro atoms. The maximum Gasteiger partial charge on any atom is 0.330 e. The van der Waals surface area contributed by atoms with E-state index < -0.39 is 18.6 Å². The normalized spacial score (nSPS) is 12.7. The Kier molecular flexibility index (Phi) is 3.09. The lowest BCUT2D eigenvalue weighted by molar-refractivity contribution is -0.137. The molecule has 0 saturated carbocycles. The Balaban J connectivity index is 3.70. The standard InChI is InChI=1S/C7H12O3/c1-2-7(9)10-6-4-3-5-8/h2,8H,1,3-6H2/i1D2,2D. The number of aliphatic hydroxyl groups is 1. The Bertz CT molecular complexity index is 199. The topological polar surface area (TPSA) is 46.5 Å². The Morgan fingerprint density at radius 3 is 3.30 bits per heavy atom. The highest BCUT2D eigenvalue weighted by Gasteiger charge is 1.92. The zero-order chi connectivity index (χ0) is 10.3. The highest BCUT2D eigenvalue weighted by atomic mass is 16.5. The van der Waals surface area contributed by atoms with Gasteiger partial charge in [-0.05, 0) is 12.8 Å². The molecule has 0 bridgehead atoms. The molecule has 0 aliphatic rings. The van der Waals surface area contributed by atoms with Gasteiger partial charge in [-0.3, -0.25) is 0 Å². The molecule has 0 radical (unpaired) electrons. The van der Waals surface area contributed by atoms with Crippen LogP contribution in [0.1, 0.15) is 17.0 Å². The average Bonchev–Trinajstić information content (AvgIpc) is 2.10. The van der Waals surface area contributed by atoms with Crippen molar-refractivity contribution in [2.45, 2.75) is 12.8 Å². The first kappa shape index (κ1) is 4.91. The van der Waals surface area contributed by atoms with Gasteiger partial charge in [0, 0.05) is 12.7 Å². The van der Waals surface area contributed by atoms with Crippen molar-refractivity contribution in [2.75, 3.05) is 13.2 Å². The van der Waals surface area contributed by atoms with Crippen molar-refractivity contribution in [1.29, 1.82) is 0 Å². The van der Waals surface area contributed by atoms with Crippen LogP contribution in [0.3, 0.4) is 0 Å². The van der Waals surface area contributed by atoms with Crippen molar-refractivity contribution in [3.63, 3.8) is 0 Å². The number of unbranched alkanes of at least 4 members (excludes halogenated alkanes) is 1. The molecular formula is C7H12O3. The van der Waals surface area contributed by atoms with Gasteiger partial charge in [-0.1, -0.05) is 6.53 Å². The van der Waals surface area contributed by atoms with E-state index in [0.29, 0.717) is 12.8 Å². The van der Waals surface area contributed by atoms with Crippen molar-refractivity contribution in [3.05, 3.63) is 12.6 Å². The van der Waals surface area contributed by atoms with E-state index in [-0.39, 0.29) is 13.2 Å². The number of rotatable bonds is 5. The van der Waals surface area contributed by atoms with Gasteiger partial charge in [-0.2, -0.15) is 0 Å². The van der Waals surface area contributed by atoms with Crippen LogP contribution in [0, 0.1) is 0 Å². The van der Waals surface area contributed by atoms with Crippen molar-refractivity contribution in [3.8, 4) is 0 Å². The Morgan fingerprint density at radius 2 is 2.70 bits per heavy atom. The number of carbonyl (C=O) groups is 1. The van der Waals surface area contributed by atoms with Crippen LogP contribution in [0.5, 0.6) is 0 Å². The zero-order valence-corrected chi connectivity index (χ0v) is 5.59. The fourth-order valence-corrected chi connectivity index (χ4v) is 0.415. The molecule has 0 saturated heterocycles. The molecule has 0 unspecified atom stereocenters. The fraction of sp³-hybridized carbons (Fsp3) is 0.571. The number of esters is 1. The van der Waals surface area contributed by atoms with Crippen LogP contribution < -0.4 is 0 Å². The van der Waals surface area contributed by atoms with Crippen LogP contribution in [0.2, 0.25) is 0 Å². The van der Waals surface area contributed by atoms with Gasteiger partial charge in [0.2, 0.25) is 0 Å². The van der Waals surface area contributed by atoms with Gasteiger partial charge in [0.25, 0.3) is 0 Å². The maximum absolute atomic E-state index is 10.8. The lowest BCUT2D eigenvalue weighted by Gasteiger charge is -1.98. The predicted octanol–water partition coefficient (Wildman–Crippen LogP) is 0.488. The lowest BCUT2D eigenvalue weighted by Crippen LogP contribution is -2.02.